The van der Waals surface area contributed by atoms with E-state index in [1.807, 2.05) is 36.4 Å². The summed E-state index contributed by atoms with van der Waals surface area (Å²) in [7, 11) is 0. The summed E-state index contributed by atoms with van der Waals surface area (Å²) in [4.78, 5) is 25.8. The topological polar surface area (TPSA) is 76.7 Å². The van der Waals surface area contributed by atoms with Crippen molar-refractivity contribution in [1.82, 2.24) is 0 Å². The van der Waals surface area contributed by atoms with Gasteiger partial charge in [0.25, 0.3) is 11.8 Å². The molecule has 0 saturated heterocycles. The molecule has 0 heterocycles. The lowest BCUT2D eigenvalue weighted by Crippen LogP contribution is -2.16. The summed E-state index contributed by atoms with van der Waals surface area (Å²) in [6.07, 6.45) is 11.9. The minimum absolute atomic E-state index is 0.260. The van der Waals surface area contributed by atoms with Crippen molar-refractivity contribution >= 4 is 23.2 Å². The van der Waals surface area contributed by atoms with Gasteiger partial charge in [0.2, 0.25) is 0 Å². The number of para-hydroxylation sites is 2. The second-order valence-corrected chi connectivity index (χ2v) is 10.0. The van der Waals surface area contributed by atoms with Gasteiger partial charge < -0.3 is 20.1 Å². The highest BCUT2D eigenvalue weighted by molar-refractivity contribution is 6.10. The molecule has 0 aliphatic heterocycles. The van der Waals surface area contributed by atoms with Gasteiger partial charge in [0, 0.05) is 11.1 Å². The molecule has 40 heavy (non-hydrogen) atoms. The number of carbonyl (C=O) groups is 2. The van der Waals surface area contributed by atoms with Crippen molar-refractivity contribution in [3.8, 4) is 11.5 Å². The summed E-state index contributed by atoms with van der Waals surface area (Å²) in [5.41, 5.74) is 2.07. The minimum Gasteiger partial charge on any atom is -0.494 e. The van der Waals surface area contributed by atoms with Gasteiger partial charge in [0.15, 0.2) is 0 Å². The molecule has 3 rings (SSSR count). The van der Waals surface area contributed by atoms with Crippen LogP contribution in [0, 0.1) is 0 Å². The molecule has 3 aromatic rings. The van der Waals surface area contributed by atoms with Gasteiger partial charge in [0.1, 0.15) is 11.5 Å². The van der Waals surface area contributed by atoms with Crippen LogP contribution in [0.2, 0.25) is 0 Å². The average molecular weight is 545 g/mol. The van der Waals surface area contributed by atoms with E-state index in [4.69, 9.17) is 9.47 Å². The number of rotatable bonds is 18. The number of benzene rings is 3. The first kappa shape index (κ1) is 30.7. The third-order valence-corrected chi connectivity index (χ3v) is 6.69. The predicted molar refractivity (Wildman–Crippen MR) is 164 cm³/mol. The van der Waals surface area contributed by atoms with Crippen LogP contribution >= 0.6 is 0 Å². The van der Waals surface area contributed by atoms with E-state index >= 15 is 0 Å². The number of hydrogen-bond acceptors (Lipinski definition) is 4. The van der Waals surface area contributed by atoms with Gasteiger partial charge in [-0.2, -0.15) is 0 Å². The van der Waals surface area contributed by atoms with E-state index in [1.165, 1.54) is 51.4 Å². The molecule has 0 saturated carbocycles. The van der Waals surface area contributed by atoms with Gasteiger partial charge in [-0.3, -0.25) is 9.59 Å². The fourth-order valence-corrected chi connectivity index (χ4v) is 4.29. The Morgan fingerprint density at radius 3 is 1.27 bits per heavy atom. The second-order valence-electron chi connectivity index (χ2n) is 10.0. The first-order valence-corrected chi connectivity index (χ1v) is 14.8. The molecule has 3 aromatic carbocycles. The van der Waals surface area contributed by atoms with Crippen molar-refractivity contribution in [2.75, 3.05) is 23.8 Å². The number of carbonyl (C=O) groups excluding carboxylic acids is 2. The van der Waals surface area contributed by atoms with Gasteiger partial charge in [-0.1, -0.05) is 77.3 Å². The van der Waals surface area contributed by atoms with E-state index in [0.717, 1.165) is 24.3 Å². The second kappa shape index (κ2) is 17.7. The van der Waals surface area contributed by atoms with E-state index in [2.05, 4.69) is 24.5 Å². The normalized spacial score (nSPS) is 10.7. The summed E-state index contributed by atoms with van der Waals surface area (Å²) in [6, 6.07) is 21.4. The highest BCUT2D eigenvalue weighted by atomic mass is 16.5. The van der Waals surface area contributed by atoms with Crippen LogP contribution in [0.5, 0.6) is 11.5 Å². The summed E-state index contributed by atoms with van der Waals surface area (Å²) in [6.45, 7) is 5.76. The Labute approximate surface area is 239 Å². The molecule has 0 aliphatic rings. The number of nitrogens with one attached hydrogen (secondary N) is 2. The average Bonchev–Trinajstić information content (AvgIpc) is 2.98. The highest BCUT2D eigenvalue weighted by Gasteiger charge is 2.13. The molecule has 0 aliphatic carbocycles. The molecule has 6 heteroatoms. The number of unbranched alkanes of at least 4 members (excludes halogenated alkanes) is 8. The van der Waals surface area contributed by atoms with Gasteiger partial charge in [0.05, 0.1) is 24.6 Å². The molecule has 214 valence electrons. The highest BCUT2D eigenvalue weighted by Crippen LogP contribution is 2.24. The fraction of sp³-hybridized carbons (Fsp3) is 0.412. The molecule has 0 radical (unpaired) electrons. The van der Waals surface area contributed by atoms with Crippen molar-refractivity contribution in [3.63, 3.8) is 0 Å². The maximum Gasteiger partial charge on any atom is 0.255 e. The Morgan fingerprint density at radius 1 is 0.525 bits per heavy atom. The fourth-order valence-electron chi connectivity index (χ4n) is 4.29. The van der Waals surface area contributed by atoms with Crippen LogP contribution in [0.4, 0.5) is 11.4 Å². The van der Waals surface area contributed by atoms with E-state index < -0.39 is 0 Å². The SMILES string of the molecule is CCCCCCCOc1ccc(C(=O)Nc2ccccc2NC(=O)c2ccc(OCCCCCCC)cc2)cc1. The van der Waals surface area contributed by atoms with Crippen LogP contribution in [0.3, 0.4) is 0 Å². The molecule has 0 aromatic heterocycles. The maximum atomic E-state index is 12.9. The Morgan fingerprint density at radius 2 is 0.900 bits per heavy atom. The Balaban J connectivity index is 1.49. The lowest BCUT2D eigenvalue weighted by Gasteiger charge is -2.13. The predicted octanol–water partition coefficient (Wildman–Crippen LogP) is 8.89. The molecule has 0 unspecified atom stereocenters. The van der Waals surface area contributed by atoms with E-state index in [1.54, 1.807) is 36.4 Å². The Kier molecular flexibility index (Phi) is 13.6. The molecular weight excluding hydrogens is 500 g/mol. The molecular formula is C34H44N2O4. The van der Waals surface area contributed by atoms with Crippen molar-refractivity contribution in [1.29, 1.82) is 0 Å². The van der Waals surface area contributed by atoms with Crippen molar-refractivity contribution in [2.24, 2.45) is 0 Å². The van der Waals surface area contributed by atoms with E-state index in [0.29, 0.717) is 35.7 Å². The third-order valence-electron chi connectivity index (χ3n) is 6.69. The monoisotopic (exact) mass is 544 g/mol. The van der Waals surface area contributed by atoms with E-state index in [9.17, 15) is 9.59 Å². The summed E-state index contributed by atoms with van der Waals surface area (Å²) in [5, 5.41) is 5.82. The summed E-state index contributed by atoms with van der Waals surface area (Å²) < 4.78 is 11.6. The first-order chi connectivity index (χ1) is 19.6. The third kappa shape index (κ3) is 10.8. The van der Waals surface area contributed by atoms with Crippen molar-refractivity contribution in [2.45, 2.75) is 78.1 Å². The minimum atomic E-state index is -0.260. The largest absolute Gasteiger partial charge is 0.494 e. The van der Waals surface area contributed by atoms with Crippen molar-refractivity contribution < 1.29 is 19.1 Å². The number of ether oxygens (including phenoxy) is 2. The quantitative estimate of drug-likeness (QED) is 0.157. The zero-order valence-electron chi connectivity index (χ0n) is 24.0. The van der Waals surface area contributed by atoms with Gasteiger partial charge >= 0.3 is 0 Å². The molecule has 6 nitrogen and oxygen atoms in total. The zero-order valence-corrected chi connectivity index (χ0v) is 24.0. The molecule has 0 bridgehead atoms. The molecule has 0 atom stereocenters. The van der Waals surface area contributed by atoms with Gasteiger partial charge in [-0.15, -0.1) is 0 Å². The van der Waals surface area contributed by atoms with Crippen molar-refractivity contribution in [3.05, 3.63) is 83.9 Å². The molecule has 2 N–H and O–H groups in total. The maximum absolute atomic E-state index is 12.9. The first-order valence-electron chi connectivity index (χ1n) is 14.8. The standard InChI is InChI=1S/C34H44N2O4/c1-3-5-7-9-13-25-39-29-21-17-27(18-22-29)33(37)35-31-15-11-12-16-32(31)36-34(38)28-19-23-30(24-20-28)40-26-14-10-8-6-4-2/h11-12,15-24H,3-10,13-14,25-26H2,1-2H3,(H,35,37)(H,36,38). The lowest BCUT2D eigenvalue weighted by molar-refractivity contribution is 0.101. The van der Waals surface area contributed by atoms with E-state index in [-0.39, 0.29) is 11.8 Å². The van der Waals surface area contributed by atoms with Gasteiger partial charge in [-0.05, 0) is 73.5 Å². The van der Waals surface area contributed by atoms with Crippen LogP contribution in [-0.4, -0.2) is 25.0 Å². The summed E-state index contributed by atoms with van der Waals surface area (Å²) >= 11 is 0. The zero-order chi connectivity index (χ0) is 28.4. The number of anilines is 2. The van der Waals surface area contributed by atoms with Crippen LogP contribution in [-0.2, 0) is 0 Å². The molecule has 0 spiro atoms. The number of hydrogen-bond donors (Lipinski definition) is 2. The smallest absolute Gasteiger partial charge is 0.255 e. The molecule has 0 fully saturated rings. The Bertz CT molecular complexity index is 1070. The molecule has 2 amide bonds. The van der Waals surface area contributed by atoms with Crippen LogP contribution in [0.25, 0.3) is 0 Å². The Hall–Kier alpha value is -3.80. The van der Waals surface area contributed by atoms with Crippen LogP contribution < -0.4 is 20.1 Å². The number of amides is 2. The summed E-state index contributed by atoms with van der Waals surface area (Å²) in [5.74, 6) is 0.985. The van der Waals surface area contributed by atoms with Gasteiger partial charge in [-0.25, -0.2) is 0 Å². The lowest BCUT2D eigenvalue weighted by atomic mass is 10.1. The van der Waals surface area contributed by atoms with Crippen LogP contribution in [0.15, 0.2) is 72.8 Å². The van der Waals surface area contributed by atoms with Crippen LogP contribution in [0.1, 0.15) is 98.8 Å².